The predicted molar refractivity (Wildman–Crippen MR) is 79.3 cm³/mol. The second-order valence-corrected chi connectivity index (χ2v) is 4.72. The van der Waals surface area contributed by atoms with Gasteiger partial charge in [0.05, 0.1) is 5.69 Å². The minimum Gasteiger partial charge on any atom is -0.368 e. The molecule has 94 valence electrons. The van der Waals surface area contributed by atoms with Gasteiger partial charge in [0.15, 0.2) is 0 Å². The fourth-order valence-electron chi connectivity index (χ4n) is 1.86. The summed E-state index contributed by atoms with van der Waals surface area (Å²) in [4.78, 5) is 0. The summed E-state index contributed by atoms with van der Waals surface area (Å²) in [7, 11) is 0. The first-order valence-corrected chi connectivity index (χ1v) is 6.60. The Labute approximate surface area is 113 Å². The van der Waals surface area contributed by atoms with E-state index in [9.17, 15) is 0 Å². The Kier molecular flexibility index (Phi) is 4.20. The van der Waals surface area contributed by atoms with E-state index in [0.717, 1.165) is 29.4 Å². The summed E-state index contributed by atoms with van der Waals surface area (Å²) in [6.07, 6.45) is 0. The normalized spacial score (nSPS) is 10.4. The highest BCUT2D eigenvalue weighted by molar-refractivity contribution is 7.80. The van der Waals surface area contributed by atoms with Gasteiger partial charge in [-0.15, -0.1) is 10.2 Å². The lowest BCUT2D eigenvalue weighted by atomic mass is 10.0. The number of nitrogens with zero attached hydrogens (tertiary/aromatic N) is 2. The highest BCUT2D eigenvalue weighted by atomic mass is 32.1. The summed E-state index contributed by atoms with van der Waals surface area (Å²) < 4.78 is 0. The predicted octanol–water partition coefficient (Wildman–Crippen LogP) is 3.10. The van der Waals surface area contributed by atoms with Crippen molar-refractivity contribution < 1.29 is 0 Å². The van der Waals surface area contributed by atoms with Crippen LogP contribution in [0.1, 0.15) is 11.1 Å². The Bertz CT molecular complexity index is 523. The zero-order chi connectivity index (χ0) is 13.0. The third-order valence-electron chi connectivity index (χ3n) is 2.74. The average molecular weight is 259 g/mol. The molecule has 4 heteroatoms. The number of anilines is 1. The van der Waals surface area contributed by atoms with Crippen molar-refractivity contribution in [2.75, 3.05) is 17.6 Å². The minimum absolute atomic E-state index is 0.778. The maximum Gasteiger partial charge on any atom is 0.148 e. The summed E-state index contributed by atoms with van der Waals surface area (Å²) in [6.45, 7) is 4.98. The molecule has 1 heterocycles. The third-order valence-corrected chi connectivity index (χ3v) is 2.96. The van der Waals surface area contributed by atoms with Crippen LogP contribution in [-0.4, -0.2) is 22.5 Å². The number of thiol groups is 1. The molecule has 1 aromatic heterocycles. The van der Waals surface area contributed by atoms with Crippen LogP contribution < -0.4 is 5.32 Å². The van der Waals surface area contributed by atoms with E-state index in [1.807, 2.05) is 12.1 Å². The molecule has 1 aromatic carbocycles. The molecular weight excluding hydrogens is 242 g/mol. The minimum atomic E-state index is 0.778. The van der Waals surface area contributed by atoms with Gasteiger partial charge in [0, 0.05) is 17.9 Å². The number of aromatic nitrogens is 2. The van der Waals surface area contributed by atoms with Crippen molar-refractivity contribution in [1.29, 1.82) is 0 Å². The number of rotatable bonds is 4. The summed E-state index contributed by atoms with van der Waals surface area (Å²) >= 11 is 4.14. The van der Waals surface area contributed by atoms with Gasteiger partial charge in [0.25, 0.3) is 0 Å². The molecule has 0 aliphatic rings. The molecule has 2 aromatic rings. The largest absolute Gasteiger partial charge is 0.368 e. The molecule has 0 saturated heterocycles. The number of hydrogen-bond donors (Lipinski definition) is 2. The molecule has 0 aliphatic carbocycles. The molecule has 0 bridgehead atoms. The molecule has 1 N–H and O–H groups in total. The molecule has 18 heavy (non-hydrogen) atoms. The first kappa shape index (κ1) is 12.9. The Balaban J connectivity index is 2.23. The van der Waals surface area contributed by atoms with Gasteiger partial charge in [-0.3, -0.25) is 0 Å². The molecule has 0 radical (unpaired) electrons. The van der Waals surface area contributed by atoms with E-state index in [-0.39, 0.29) is 0 Å². The van der Waals surface area contributed by atoms with Crippen LogP contribution in [0.5, 0.6) is 0 Å². The summed E-state index contributed by atoms with van der Waals surface area (Å²) in [5.41, 5.74) is 4.52. The molecule has 0 spiro atoms. The molecule has 2 rings (SSSR count). The van der Waals surface area contributed by atoms with Gasteiger partial charge >= 0.3 is 0 Å². The van der Waals surface area contributed by atoms with Crippen LogP contribution in [0.3, 0.4) is 0 Å². The Morgan fingerprint density at radius 1 is 1.11 bits per heavy atom. The second kappa shape index (κ2) is 5.87. The van der Waals surface area contributed by atoms with Crippen LogP contribution in [0.15, 0.2) is 30.3 Å². The monoisotopic (exact) mass is 259 g/mol. The third kappa shape index (κ3) is 3.01. The summed E-state index contributed by atoms with van der Waals surface area (Å²) in [6, 6.07) is 10.3. The van der Waals surface area contributed by atoms with E-state index < -0.39 is 0 Å². The number of benzene rings is 1. The highest BCUT2D eigenvalue weighted by Crippen LogP contribution is 2.22. The molecule has 0 saturated carbocycles. The van der Waals surface area contributed by atoms with E-state index in [1.54, 1.807) is 0 Å². The lowest BCUT2D eigenvalue weighted by Gasteiger charge is -2.07. The molecule has 0 unspecified atom stereocenters. The number of hydrogen-bond acceptors (Lipinski definition) is 4. The first-order valence-electron chi connectivity index (χ1n) is 5.97. The van der Waals surface area contributed by atoms with E-state index in [4.69, 9.17) is 0 Å². The van der Waals surface area contributed by atoms with E-state index in [2.05, 4.69) is 60.2 Å². The lowest BCUT2D eigenvalue weighted by molar-refractivity contribution is 1.02. The summed E-state index contributed by atoms with van der Waals surface area (Å²) in [5, 5.41) is 11.6. The van der Waals surface area contributed by atoms with Gasteiger partial charge in [-0.25, -0.2) is 0 Å². The molecule has 0 aliphatic heterocycles. The first-order chi connectivity index (χ1) is 8.70. The Morgan fingerprint density at radius 3 is 2.56 bits per heavy atom. The van der Waals surface area contributed by atoms with Crippen LogP contribution >= 0.6 is 12.6 Å². The molecule has 0 amide bonds. The average Bonchev–Trinajstić information content (AvgIpc) is 2.37. The van der Waals surface area contributed by atoms with Crippen LogP contribution in [0, 0.1) is 13.8 Å². The van der Waals surface area contributed by atoms with Crippen molar-refractivity contribution >= 4 is 18.4 Å². The molecular formula is C14H17N3S. The van der Waals surface area contributed by atoms with Gasteiger partial charge in [-0.05, 0) is 31.5 Å². The smallest absolute Gasteiger partial charge is 0.148 e. The van der Waals surface area contributed by atoms with Crippen molar-refractivity contribution in [1.82, 2.24) is 10.2 Å². The zero-order valence-corrected chi connectivity index (χ0v) is 11.5. The fourth-order valence-corrected chi connectivity index (χ4v) is 1.97. The maximum absolute atomic E-state index is 4.25. The van der Waals surface area contributed by atoms with Gasteiger partial charge in [0.2, 0.25) is 0 Å². The Morgan fingerprint density at radius 2 is 1.94 bits per heavy atom. The van der Waals surface area contributed by atoms with Crippen LogP contribution in [-0.2, 0) is 0 Å². The van der Waals surface area contributed by atoms with Crippen molar-refractivity contribution in [2.45, 2.75) is 13.8 Å². The standard InChI is InChI=1S/C14H17N3S/c1-10-3-4-12(11(2)9-10)13-5-6-14(17-16-13)15-7-8-18/h3-6,9,18H,7-8H2,1-2H3,(H,15,17). The van der Waals surface area contributed by atoms with Crippen LogP contribution in [0.25, 0.3) is 11.3 Å². The Hall–Kier alpha value is -1.55. The zero-order valence-electron chi connectivity index (χ0n) is 10.6. The van der Waals surface area contributed by atoms with Crippen molar-refractivity contribution in [3.05, 3.63) is 41.5 Å². The van der Waals surface area contributed by atoms with E-state index in [1.165, 1.54) is 11.1 Å². The van der Waals surface area contributed by atoms with Gasteiger partial charge in [-0.1, -0.05) is 23.8 Å². The lowest BCUT2D eigenvalue weighted by Crippen LogP contribution is -2.05. The molecule has 3 nitrogen and oxygen atoms in total. The second-order valence-electron chi connectivity index (χ2n) is 4.27. The highest BCUT2D eigenvalue weighted by Gasteiger charge is 2.04. The number of aryl methyl sites for hydroxylation is 2. The maximum atomic E-state index is 4.25. The SMILES string of the molecule is Cc1ccc(-c2ccc(NCCS)nn2)c(C)c1. The van der Waals surface area contributed by atoms with Gasteiger partial charge in [0.1, 0.15) is 5.82 Å². The van der Waals surface area contributed by atoms with Crippen molar-refractivity contribution in [3.63, 3.8) is 0 Å². The molecule has 0 fully saturated rings. The van der Waals surface area contributed by atoms with Crippen LogP contribution in [0.2, 0.25) is 0 Å². The van der Waals surface area contributed by atoms with Crippen molar-refractivity contribution in [2.24, 2.45) is 0 Å². The number of nitrogens with one attached hydrogen (secondary N) is 1. The van der Waals surface area contributed by atoms with E-state index >= 15 is 0 Å². The quantitative estimate of drug-likeness (QED) is 0.829. The van der Waals surface area contributed by atoms with Gasteiger partial charge < -0.3 is 5.32 Å². The summed E-state index contributed by atoms with van der Waals surface area (Å²) in [5.74, 6) is 1.57. The fraction of sp³-hybridized carbons (Fsp3) is 0.286. The van der Waals surface area contributed by atoms with E-state index in [0.29, 0.717) is 0 Å². The van der Waals surface area contributed by atoms with Gasteiger partial charge in [-0.2, -0.15) is 12.6 Å². The van der Waals surface area contributed by atoms with Crippen molar-refractivity contribution in [3.8, 4) is 11.3 Å². The molecule has 0 atom stereocenters. The topological polar surface area (TPSA) is 37.8 Å². The van der Waals surface area contributed by atoms with Crippen LogP contribution in [0.4, 0.5) is 5.82 Å².